The fourth-order valence-corrected chi connectivity index (χ4v) is 2.28. The molecule has 96 valence electrons. The Morgan fingerprint density at radius 3 is 2.15 bits per heavy atom. The van der Waals surface area contributed by atoms with Gasteiger partial charge in [0.25, 0.3) is 0 Å². The van der Waals surface area contributed by atoms with Crippen LogP contribution >= 0.6 is 0 Å². The summed E-state index contributed by atoms with van der Waals surface area (Å²) in [5.74, 6) is 0.855. The summed E-state index contributed by atoms with van der Waals surface area (Å²) >= 11 is 0. The van der Waals surface area contributed by atoms with Crippen LogP contribution in [0.1, 0.15) is 5.56 Å². The van der Waals surface area contributed by atoms with E-state index >= 15 is 0 Å². The summed E-state index contributed by atoms with van der Waals surface area (Å²) in [6, 6.07) is 22.2. The molecule has 0 amide bonds. The van der Waals surface area contributed by atoms with Gasteiger partial charge in [0.2, 0.25) is 0 Å². The Balaban J connectivity index is 2.06. The van der Waals surface area contributed by atoms with Crippen LogP contribution in [0.15, 0.2) is 60.7 Å². The van der Waals surface area contributed by atoms with Gasteiger partial charge in [-0.15, -0.1) is 0 Å². The molecule has 2 nitrogen and oxygen atoms in total. The van der Waals surface area contributed by atoms with E-state index in [0.29, 0.717) is 5.56 Å². The van der Waals surface area contributed by atoms with E-state index in [4.69, 9.17) is 10.00 Å². The highest BCUT2D eigenvalue weighted by molar-refractivity contribution is 5.88. The summed E-state index contributed by atoms with van der Waals surface area (Å²) in [5.41, 5.74) is 3.00. The van der Waals surface area contributed by atoms with Crippen LogP contribution in [0.5, 0.6) is 5.75 Å². The maximum atomic E-state index is 8.92. The molecule has 0 saturated heterocycles. The molecule has 0 aromatic heterocycles. The van der Waals surface area contributed by atoms with Crippen LogP contribution in [0.4, 0.5) is 0 Å². The number of hydrogen-bond acceptors (Lipinski definition) is 2. The normalized spacial score (nSPS) is 10.2. The second-order valence-corrected chi connectivity index (χ2v) is 4.62. The van der Waals surface area contributed by atoms with E-state index in [1.165, 1.54) is 0 Å². The minimum Gasteiger partial charge on any atom is -0.497 e. The predicted octanol–water partition coefficient (Wildman–Crippen LogP) is 4.39. The van der Waals surface area contributed by atoms with Crippen molar-refractivity contribution in [3.05, 3.63) is 66.2 Å². The zero-order valence-electron chi connectivity index (χ0n) is 11.1. The van der Waals surface area contributed by atoms with E-state index in [-0.39, 0.29) is 0 Å². The third kappa shape index (κ3) is 2.22. The van der Waals surface area contributed by atoms with Gasteiger partial charge in [0.15, 0.2) is 0 Å². The molecule has 0 spiro atoms. The molecule has 0 N–H and O–H groups in total. The van der Waals surface area contributed by atoms with Crippen molar-refractivity contribution in [1.29, 1.82) is 5.26 Å². The second kappa shape index (κ2) is 5.07. The molecule has 2 heteroatoms. The maximum absolute atomic E-state index is 8.92. The Labute approximate surface area is 117 Å². The highest BCUT2D eigenvalue weighted by Gasteiger charge is 2.01. The lowest BCUT2D eigenvalue weighted by Gasteiger charge is -2.06. The molecule has 3 rings (SSSR count). The summed E-state index contributed by atoms with van der Waals surface area (Å²) in [7, 11) is 1.66. The molecule has 3 aromatic rings. The molecule has 0 saturated carbocycles. The van der Waals surface area contributed by atoms with Crippen LogP contribution in [-0.2, 0) is 0 Å². The molecule has 0 unspecified atom stereocenters. The van der Waals surface area contributed by atoms with Crippen LogP contribution in [0.25, 0.3) is 21.9 Å². The van der Waals surface area contributed by atoms with Gasteiger partial charge in [-0.2, -0.15) is 5.26 Å². The van der Waals surface area contributed by atoms with Gasteiger partial charge in [0.05, 0.1) is 18.7 Å². The Kier molecular flexibility index (Phi) is 3.10. The van der Waals surface area contributed by atoms with Gasteiger partial charge in [-0.25, -0.2) is 0 Å². The third-order valence-corrected chi connectivity index (χ3v) is 3.39. The quantitative estimate of drug-likeness (QED) is 0.684. The van der Waals surface area contributed by atoms with Crippen molar-refractivity contribution in [3.63, 3.8) is 0 Å². The van der Waals surface area contributed by atoms with E-state index < -0.39 is 0 Å². The second-order valence-electron chi connectivity index (χ2n) is 4.62. The lowest BCUT2D eigenvalue weighted by molar-refractivity contribution is 0.415. The summed E-state index contributed by atoms with van der Waals surface area (Å²) in [6.07, 6.45) is 0. The molecule has 0 aliphatic heterocycles. The van der Waals surface area contributed by atoms with E-state index in [1.807, 2.05) is 42.5 Å². The van der Waals surface area contributed by atoms with Gasteiger partial charge in [-0.05, 0) is 52.2 Å². The van der Waals surface area contributed by atoms with Crippen LogP contribution in [0.2, 0.25) is 0 Å². The van der Waals surface area contributed by atoms with Crippen LogP contribution in [-0.4, -0.2) is 7.11 Å². The monoisotopic (exact) mass is 259 g/mol. The summed E-state index contributed by atoms with van der Waals surface area (Å²) in [4.78, 5) is 0. The number of ether oxygens (including phenoxy) is 1. The molecule has 0 aliphatic carbocycles. The standard InChI is InChI=1S/C18H13NO/c1-20-18-8-6-14(7-9-18)16-5-4-15-10-13(12-19)2-3-17(15)11-16/h2-11H,1H3. The number of hydrogen-bond donors (Lipinski definition) is 0. The Morgan fingerprint density at radius 2 is 1.45 bits per heavy atom. The molecular weight excluding hydrogens is 246 g/mol. The minimum absolute atomic E-state index is 0.690. The fraction of sp³-hybridized carbons (Fsp3) is 0.0556. The number of fused-ring (bicyclic) bond motifs is 1. The van der Waals surface area contributed by atoms with Crippen molar-refractivity contribution in [1.82, 2.24) is 0 Å². The molecule has 0 atom stereocenters. The Bertz CT molecular complexity index is 798. The van der Waals surface area contributed by atoms with Crippen molar-refractivity contribution in [2.45, 2.75) is 0 Å². The van der Waals surface area contributed by atoms with Crippen molar-refractivity contribution < 1.29 is 4.74 Å². The average Bonchev–Trinajstić information content (AvgIpc) is 2.54. The zero-order chi connectivity index (χ0) is 13.9. The summed E-state index contributed by atoms with van der Waals surface area (Å²) < 4.78 is 5.17. The number of benzene rings is 3. The first-order valence-corrected chi connectivity index (χ1v) is 6.38. The molecule has 0 aliphatic rings. The largest absolute Gasteiger partial charge is 0.497 e. The Morgan fingerprint density at radius 1 is 0.800 bits per heavy atom. The van der Waals surface area contributed by atoms with Crippen LogP contribution < -0.4 is 4.74 Å². The van der Waals surface area contributed by atoms with E-state index in [9.17, 15) is 0 Å². The van der Waals surface area contributed by atoms with Gasteiger partial charge in [-0.1, -0.05) is 30.3 Å². The van der Waals surface area contributed by atoms with Crippen molar-refractivity contribution in [2.24, 2.45) is 0 Å². The molecule has 0 bridgehead atoms. The highest BCUT2D eigenvalue weighted by Crippen LogP contribution is 2.26. The molecule has 0 fully saturated rings. The Hall–Kier alpha value is -2.79. The molecule has 0 radical (unpaired) electrons. The molecule has 20 heavy (non-hydrogen) atoms. The highest BCUT2D eigenvalue weighted by atomic mass is 16.5. The molecule has 3 aromatic carbocycles. The topological polar surface area (TPSA) is 33.0 Å². The van der Waals surface area contributed by atoms with Crippen molar-refractivity contribution in [2.75, 3.05) is 7.11 Å². The lowest BCUT2D eigenvalue weighted by atomic mass is 10.00. The lowest BCUT2D eigenvalue weighted by Crippen LogP contribution is -1.83. The number of nitrogens with zero attached hydrogens (tertiary/aromatic N) is 1. The summed E-state index contributed by atoms with van der Waals surface area (Å²) in [6.45, 7) is 0. The van der Waals surface area contributed by atoms with Crippen LogP contribution in [0.3, 0.4) is 0 Å². The van der Waals surface area contributed by atoms with E-state index in [2.05, 4.69) is 24.3 Å². The number of nitriles is 1. The average molecular weight is 259 g/mol. The smallest absolute Gasteiger partial charge is 0.118 e. The first-order chi connectivity index (χ1) is 9.80. The number of methoxy groups -OCH3 is 1. The van der Waals surface area contributed by atoms with Crippen molar-refractivity contribution >= 4 is 10.8 Å². The third-order valence-electron chi connectivity index (χ3n) is 3.39. The van der Waals surface area contributed by atoms with Gasteiger partial charge in [0, 0.05) is 0 Å². The fourth-order valence-electron chi connectivity index (χ4n) is 2.28. The van der Waals surface area contributed by atoms with Crippen molar-refractivity contribution in [3.8, 4) is 22.9 Å². The van der Waals surface area contributed by atoms with Crippen LogP contribution in [0, 0.1) is 11.3 Å². The van der Waals surface area contributed by atoms with E-state index in [0.717, 1.165) is 27.6 Å². The first-order valence-electron chi connectivity index (χ1n) is 6.38. The first kappa shape index (κ1) is 12.3. The predicted molar refractivity (Wildman–Crippen MR) is 80.7 cm³/mol. The van der Waals surface area contributed by atoms with E-state index in [1.54, 1.807) is 7.11 Å². The SMILES string of the molecule is COc1ccc(-c2ccc3cc(C#N)ccc3c2)cc1. The van der Waals surface area contributed by atoms with Gasteiger partial charge in [-0.3, -0.25) is 0 Å². The minimum atomic E-state index is 0.690. The zero-order valence-corrected chi connectivity index (χ0v) is 11.1. The summed E-state index contributed by atoms with van der Waals surface area (Å²) in [5, 5.41) is 11.1. The molecule has 0 heterocycles. The number of rotatable bonds is 2. The van der Waals surface area contributed by atoms with Gasteiger partial charge in [0.1, 0.15) is 5.75 Å². The van der Waals surface area contributed by atoms with Gasteiger partial charge >= 0.3 is 0 Å². The molecular formula is C18H13NO. The maximum Gasteiger partial charge on any atom is 0.118 e. The van der Waals surface area contributed by atoms with Gasteiger partial charge < -0.3 is 4.74 Å².